The molecule has 0 rings (SSSR count). The maximum absolute atomic E-state index is 4.34. The summed E-state index contributed by atoms with van der Waals surface area (Å²) in [5.41, 5.74) is 0. The zero-order valence-corrected chi connectivity index (χ0v) is 19.7. The van der Waals surface area contributed by atoms with Crippen molar-refractivity contribution >= 4 is 109 Å². The fourth-order valence-corrected chi connectivity index (χ4v) is 9.51. The Morgan fingerprint density at radius 1 is 0.571 bits per heavy atom. The van der Waals surface area contributed by atoms with Gasteiger partial charge < -0.3 is 0 Å². The molecule has 0 aromatic heterocycles. The van der Waals surface area contributed by atoms with E-state index < -0.39 is 0 Å². The molecular weight excluding hydrogens is 433 g/mol. The van der Waals surface area contributed by atoms with Crippen LogP contribution in [0.5, 0.6) is 0 Å². The van der Waals surface area contributed by atoms with Crippen molar-refractivity contribution in [1.82, 2.24) is 0 Å². The van der Waals surface area contributed by atoms with E-state index in [1.807, 2.05) is 23.5 Å². The molecule has 21 heavy (non-hydrogen) atoms. The first kappa shape index (κ1) is 24.1. The van der Waals surface area contributed by atoms with Gasteiger partial charge in [0, 0.05) is 34.5 Å². The van der Waals surface area contributed by atoms with E-state index >= 15 is 0 Å². The second kappa shape index (κ2) is 19.5. The summed E-state index contributed by atoms with van der Waals surface area (Å²) in [6.07, 6.45) is 0. The molecule has 2 unspecified atom stereocenters. The van der Waals surface area contributed by atoms with Gasteiger partial charge in [-0.15, -0.1) is 35.3 Å². The lowest BCUT2D eigenvalue weighted by atomic mass is 10.9. The van der Waals surface area contributed by atoms with Gasteiger partial charge in [0.25, 0.3) is 0 Å². The van der Waals surface area contributed by atoms with Crippen LogP contribution in [0.2, 0.25) is 0 Å². The van der Waals surface area contributed by atoms with Crippen LogP contribution in [0.3, 0.4) is 0 Å². The SMILES string of the molecule is SCCSCC(SCCS)SC(CSCCS)SCCS. The maximum Gasteiger partial charge on any atom is 0.0604 e. The van der Waals surface area contributed by atoms with Crippen molar-refractivity contribution in [2.24, 2.45) is 0 Å². The molecule has 0 fully saturated rings. The summed E-state index contributed by atoms with van der Waals surface area (Å²) in [5.74, 6) is 10.8. The van der Waals surface area contributed by atoms with E-state index in [4.69, 9.17) is 0 Å². The average molecular weight is 459 g/mol. The Hall–Kier alpha value is 3.15. The molecule has 0 radical (unpaired) electrons. The van der Waals surface area contributed by atoms with Crippen molar-refractivity contribution in [3.63, 3.8) is 0 Å². The van der Waals surface area contributed by atoms with Gasteiger partial charge in [0.15, 0.2) is 0 Å². The Labute approximate surface area is 174 Å². The van der Waals surface area contributed by atoms with Crippen LogP contribution in [-0.4, -0.2) is 66.7 Å². The topological polar surface area (TPSA) is 0 Å². The van der Waals surface area contributed by atoms with E-state index in [1.54, 1.807) is 0 Å². The first-order valence-electron chi connectivity index (χ1n) is 6.76. The Bertz CT molecular complexity index is 185. The average Bonchev–Trinajstić information content (AvgIpc) is 2.50. The van der Waals surface area contributed by atoms with Gasteiger partial charge in [-0.05, 0) is 23.0 Å². The monoisotopic (exact) mass is 458 g/mol. The van der Waals surface area contributed by atoms with Crippen molar-refractivity contribution in [3.05, 3.63) is 0 Å². The summed E-state index contributed by atoms with van der Waals surface area (Å²) in [6, 6.07) is 0. The lowest BCUT2D eigenvalue weighted by Crippen LogP contribution is -2.13. The third-order valence-corrected chi connectivity index (χ3v) is 11.5. The molecule has 0 amide bonds. The Kier molecular flexibility index (Phi) is 22.4. The number of hydrogen-bond acceptors (Lipinski definition) is 9. The van der Waals surface area contributed by atoms with Gasteiger partial charge in [0.2, 0.25) is 0 Å². The van der Waals surface area contributed by atoms with Crippen LogP contribution >= 0.6 is 109 Å². The largest absolute Gasteiger partial charge is 0.179 e. The molecular formula is C12H26S9. The molecule has 0 nitrogen and oxygen atoms in total. The van der Waals surface area contributed by atoms with Gasteiger partial charge in [-0.3, -0.25) is 0 Å². The molecule has 0 saturated carbocycles. The second-order valence-electron chi connectivity index (χ2n) is 3.78. The van der Waals surface area contributed by atoms with E-state index in [9.17, 15) is 0 Å². The molecule has 0 heterocycles. The normalized spacial score (nSPS) is 14.3. The second-order valence-corrected chi connectivity index (χ2v) is 12.5. The molecule has 0 saturated heterocycles. The van der Waals surface area contributed by atoms with E-state index in [1.165, 1.54) is 11.5 Å². The molecule has 2 atom stereocenters. The minimum Gasteiger partial charge on any atom is -0.179 e. The molecule has 128 valence electrons. The van der Waals surface area contributed by atoms with Crippen molar-refractivity contribution in [2.75, 3.05) is 57.5 Å². The van der Waals surface area contributed by atoms with Gasteiger partial charge in [-0.1, -0.05) is 0 Å². The molecule has 0 aliphatic rings. The third kappa shape index (κ3) is 16.4. The number of thioether (sulfide) groups is 5. The lowest BCUT2D eigenvalue weighted by molar-refractivity contribution is 1.35. The van der Waals surface area contributed by atoms with Gasteiger partial charge in [0.1, 0.15) is 0 Å². The van der Waals surface area contributed by atoms with E-state index in [-0.39, 0.29) is 0 Å². The summed E-state index contributed by atoms with van der Waals surface area (Å²) in [6.45, 7) is 0. The first-order valence-corrected chi connectivity index (χ1v) is 14.6. The summed E-state index contributed by atoms with van der Waals surface area (Å²) in [4.78, 5) is 0. The van der Waals surface area contributed by atoms with E-state index in [0.29, 0.717) is 9.16 Å². The quantitative estimate of drug-likeness (QED) is 0.145. The standard InChI is InChI=1S/C12H26S9/c13-1-5-17-9-11(19-7-3-15)21-12(20-8-4-16)10-18-6-2-14/h11-16H,1-10H2. The molecule has 9 heteroatoms. The van der Waals surface area contributed by atoms with Crippen LogP contribution in [0, 0.1) is 0 Å². The summed E-state index contributed by atoms with van der Waals surface area (Å²) < 4.78 is 1.33. The van der Waals surface area contributed by atoms with Crippen LogP contribution in [0.4, 0.5) is 0 Å². The fraction of sp³-hybridized carbons (Fsp3) is 1.00. The lowest BCUT2D eigenvalue weighted by Gasteiger charge is -2.22. The predicted octanol–water partition coefficient (Wildman–Crippen LogP) is 5.02. The number of rotatable bonds is 16. The van der Waals surface area contributed by atoms with Gasteiger partial charge >= 0.3 is 0 Å². The summed E-state index contributed by atoms with van der Waals surface area (Å²) in [5, 5.41) is 0. The van der Waals surface area contributed by atoms with Crippen LogP contribution in [-0.2, 0) is 0 Å². The van der Waals surface area contributed by atoms with Gasteiger partial charge in [-0.25, -0.2) is 0 Å². The van der Waals surface area contributed by atoms with Crippen LogP contribution in [0.15, 0.2) is 0 Å². The smallest absolute Gasteiger partial charge is 0.0604 e. The van der Waals surface area contributed by atoms with Crippen LogP contribution < -0.4 is 0 Å². The highest BCUT2D eigenvalue weighted by atomic mass is 32.2. The predicted molar refractivity (Wildman–Crippen MR) is 130 cm³/mol. The highest BCUT2D eigenvalue weighted by molar-refractivity contribution is 8.25. The number of thiol groups is 4. The van der Waals surface area contributed by atoms with Gasteiger partial charge in [0.05, 0.1) is 9.16 Å². The zero-order chi connectivity index (χ0) is 15.8. The van der Waals surface area contributed by atoms with Crippen molar-refractivity contribution < 1.29 is 0 Å². The molecule has 0 N–H and O–H groups in total. The van der Waals surface area contributed by atoms with Crippen molar-refractivity contribution in [2.45, 2.75) is 9.16 Å². The summed E-state index contributed by atoms with van der Waals surface area (Å²) >= 11 is 27.6. The minimum atomic E-state index is 0.663. The third-order valence-electron chi connectivity index (χ3n) is 2.07. The van der Waals surface area contributed by atoms with Crippen molar-refractivity contribution in [1.29, 1.82) is 0 Å². The highest BCUT2D eigenvalue weighted by Crippen LogP contribution is 2.37. The number of hydrogen-bond donors (Lipinski definition) is 4. The van der Waals surface area contributed by atoms with Crippen molar-refractivity contribution in [3.8, 4) is 0 Å². The highest BCUT2D eigenvalue weighted by Gasteiger charge is 2.18. The maximum atomic E-state index is 4.34. The molecule has 0 bridgehead atoms. The minimum absolute atomic E-state index is 0.663. The van der Waals surface area contributed by atoms with E-state index in [0.717, 1.165) is 46.0 Å². The van der Waals surface area contributed by atoms with Crippen LogP contribution in [0.1, 0.15) is 0 Å². The molecule has 0 spiro atoms. The first-order chi connectivity index (χ1) is 10.3. The fourth-order valence-electron chi connectivity index (χ4n) is 1.28. The van der Waals surface area contributed by atoms with Crippen LogP contribution in [0.25, 0.3) is 0 Å². The van der Waals surface area contributed by atoms with E-state index in [2.05, 4.69) is 85.8 Å². The molecule has 0 aliphatic carbocycles. The Morgan fingerprint density at radius 2 is 0.952 bits per heavy atom. The Balaban J connectivity index is 4.22. The molecule has 0 aliphatic heterocycles. The summed E-state index contributed by atoms with van der Waals surface area (Å²) in [7, 11) is 0. The Morgan fingerprint density at radius 3 is 1.29 bits per heavy atom. The molecule has 0 aromatic rings. The molecule has 0 aromatic carbocycles. The zero-order valence-electron chi connectivity index (χ0n) is 12.1. The van der Waals surface area contributed by atoms with Gasteiger partial charge in [-0.2, -0.15) is 74.0 Å².